The van der Waals surface area contributed by atoms with Crippen molar-refractivity contribution in [2.24, 2.45) is 0 Å². The molecule has 0 saturated heterocycles. The molecule has 0 bridgehead atoms. The van der Waals surface area contributed by atoms with Gasteiger partial charge in [-0.05, 0) is 31.4 Å². The summed E-state index contributed by atoms with van der Waals surface area (Å²) in [4.78, 5) is 0. The van der Waals surface area contributed by atoms with Crippen LogP contribution in [0, 0.1) is 0 Å². The molecule has 1 N–H and O–H groups in total. The van der Waals surface area contributed by atoms with Crippen LogP contribution in [0.1, 0.15) is 51.4 Å². The van der Waals surface area contributed by atoms with Crippen molar-refractivity contribution < 1.29 is 9.84 Å². The van der Waals surface area contributed by atoms with Crippen LogP contribution in [-0.4, -0.2) is 17.3 Å². The van der Waals surface area contributed by atoms with Crippen molar-refractivity contribution in [3.05, 3.63) is 30.3 Å². The Morgan fingerprint density at radius 3 is 2.17 bits per heavy atom. The average molecular weight is 248 g/mol. The van der Waals surface area contributed by atoms with E-state index >= 15 is 0 Å². The van der Waals surface area contributed by atoms with Crippen LogP contribution in [-0.2, 0) is 0 Å². The lowest BCUT2D eigenvalue weighted by molar-refractivity contribution is 0.0219. The van der Waals surface area contributed by atoms with Crippen LogP contribution >= 0.6 is 0 Å². The normalized spacial score (nSPS) is 26.5. The highest BCUT2D eigenvalue weighted by Gasteiger charge is 2.21. The highest BCUT2D eigenvalue weighted by Crippen LogP contribution is 2.22. The molecule has 2 heteroatoms. The van der Waals surface area contributed by atoms with E-state index in [9.17, 15) is 5.11 Å². The van der Waals surface area contributed by atoms with Crippen molar-refractivity contribution in [1.29, 1.82) is 0 Å². The third-order valence-corrected chi connectivity index (χ3v) is 3.70. The van der Waals surface area contributed by atoms with Crippen molar-refractivity contribution in [2.75, 3.05) is 0 Å². The zero-order chi connectivity index (χ0) is 12.6. The summed E-state index contributed by atoms with van der Waals surface area (Å²) in [5.74, 6) is 0.874. The van der Waals surface area contributed by atoms with Gasteiger partial charge in [0.15, 0.2) is 0 Å². The summed E-state index contributed by atoms with van der Waals surface area (Å²) in [7, 11) is 0. The first kappa shape index (κ1) is 13.4. The largest absolute Gasteiger partial charge is 0.488 e. The molecule has 0 radical (unpaired) electrons. The molecule has 0 amide bonds. The number of aliphatic hydroxyl groups is 1. The summed E-state index contributed by atoms with van der Waals surface area (Å²) < 4.78 is 5.95. The van der Waals surface area contributed by atoms with Crippen molar-refractivity contribution in [3.8, 4) is 5.75 Å². The molecule has 2 unspecified atom stereocenters. The molecule has 2 rings (SSSR count). The maximum atomic E-state index is 10.2. The number of aliphatic hydroxyl groups excluding tert-OH is 1. The van der Waals surface area contributed by atoms with E-state index in [1.165, 1.54) is 25.7 Å². The van der Waals surface area contributed by atoms with Crippen LogP contribution in [0.25, 0.3) is 0 Å². The van der Waals surface area contributed by atoms with Gasteiger partial charge in [-0.15, -0.1) is 0 Å². The Morgan fingerprint density at radius 1 is 0.833 bits per heavy atom. The van der Waals surface area contributed by atoms with Crippen LogP contribution in [0.15, 0.2) is 30.3 Å². The quantitative estimate of drug-likeness (QED) is 0.859. The predicted octanol–water partition coefficient (Wildman–Crippen LogP) is 3.93. The minimum atomic E-state index is -0.316. The van der Waals surface area contributed by atoms with Gasteiger partial charge in [-0.3, -0.25) is 0 Å². The maximum Gasteiger partial charge on any atom is 0.124 e. The van der Waals surface area contributed by atoms with Gasteiger partial charge < -0.3 is 9.84 Å². The minimum absolute atomic E-state index is 0.0366. The molecule has 0 spiro atoms. The first-order valence-electron chi connectivity index (χ1n) is 7.26. The first-order chi connectivity index (χ1) is 8.86. The Kier molecular flexibility index (Phi) is 5.53. The van der Waals surface area contributed by atoms with Crippen molar-refractivity contribution >= 4 is 0 Å². The molecule has 0 aliphatic heterocycles. The van der Waals surface area contributed by atoms with Crippen molar-refractivity contribution in [2.45, 2.75) is 63.6 Å². The van der Waals surface area contributed by atoms with Crippen LogP contribution in [0.2, 0.25) is 0 Å². The lowest BCUT2D eigenvalue weighted by Crippen LogP contribution is -2.32. The molecule has 18 heavy (non-hydrogen) atoms. The van der Waals surface area contributed by atoms with Crippen LogP contribution in [0.5, 0.6) is 5.75 Å². The molecule has 2 atom stereocenters. The van der Waals surface area contributed by atoms with Gasteiger partial charge in [-0.25, -0.2) is 0 Å². The van der Waals surface area contributed by atoms with Gasteiger partial charge in [0.25, 0.3) is 0 Å². The minimum Gasteiger partial charge on any atom is -0.488 e. The molecule has 0 heterocycles. The number of hydrogen-bond acceptors (Lipinski definition) is 2. The Morgan fingerprint density at radius 2 is 1.44 bits per heavy atom. The van der Waals surface area contributed by atoms with E-state index in [0.29, 0.717) is 0 Å². The summed E-state index contributed by atoms with van der Waals surface area (Å²) in [6.45, 7) is 0. The van der Waals surface area contributed by atoms with Gasteiger partial charge in [0.2, 0.25) is 0 Å². The van der Waals surface area contributed by atoms with Crippen molar-refractivity contribution in [1.82, 2.24) is 0 Å². The average Bonchev–Trinajstić information content (AvgIpc) is 2.41. The van der Waals surface area contributed by atoms with E-state index in [2.05, 4.69) is 0 Å². The summed E-state index contributed by atoms with van der Waals surface area (Å²) in [5.41, 5.74) is 0. The molecule has 1 aliphatic carbocycles. The number of ether oxygens (including phenoxy) is 1. The predicted molar refractivity (Wildman–Crippen MR) is 73.8 cm³/mol. The Hall–Kier alpha value is -1.02. The van der Waals surface area contributed by atoms with Gasteiger partial charge >= 0.3 is 0 Å². The van der Waals surface area contributed by atoms with E-state index in [1.54, 1.807) is 0 Å². The molecule has 1 aliphatic rings. The van der Waals surface area contributed by atoms with E-state index < -0.39 is 0 Å². The molecule has 100 valence electrons. The smallest absolute Gasteiger partial charge is 0.124 e. The van der Waals surface area contributed by atoms with Gasteiger partial charge in [0.1, 0.15) is 11.9 Å². The number of hydrogen-bond donors (Lipinski definition) is 1. The molecule has 1 fully saturated rings. The summed E-state index contributed by atoms with van der Waals surface area (Å²) in [6, 6.07) is 9.86. The van der Waals surface area contributed by atoms with Crippen LogP contribution in [0.3, 0.4) is 0 Å². The standard InChI is InChI=1S/C16H24O2/c17-15-12-8-3-1-2-4-9-13-16(15)18-14-10-6-5-7-11-14/h5-7,10-11,15-17H,1-4,8-9,12-13H2. The fraction of sp³-hybridized carbons (Fsp3) is 0.625. The zero-order valence-corrected chi connectivity index (χ0v) is 11.1. The van der Waals surface area contributed by atoms with Gasteiger partial charge in [0.05, 0.1) is 6.10 Å². The molecule has 1 saturated carbocycles. The Labute approximate surface area is 110 Å². The SMILES string of the molecule is OC1CCCCCCCCC1Oc1ccccc1. The second-order valence-corrected chi connectivity index (χ2v) is 5.24. The van der Waals surface area contributed by atoms with Gasteiger partial charge in [-0.2, -0.15) is 0 Å². The Bertz CT molecular complexity index is 323. The third kappa shape index (κ3) is 4.34. The highest BCUT2D eigenvalue weighted by atomic mass is 16.5. The molecule has 2 nitrogen and oxygen atoms in total. The number of rotatable bonds is 2. The molecular weight excluding hydrogens is 224 g/mol. The number of para-hydroxylation sites is 1. The van der Waals surface area contributed by atoms with E-state index in [0.717, 1.165) is 31.4 Å². The molecule has 1 aromatic rings. The second kappa shape index (κ2) is 7.42. The summed E-state index contributed by atoms with van der Waals surface area (Å²) >= 11 is 0. The lowest BCUT2D eigenvalue weighted by atomic mass is 9.97. The topological polar surface area (TPSA) is 29.5 Å². The first-order valence-corrected chi connectivity index (χ1v) is 7.26. The fourth-order valence-corrected chi connectivity index (χ4v) is 2.60. The van der Waals surface area contributed by atoms with E-state index in [1.807, 2.05) is 30.3 Å². The van der Waals surface area contributed by atoms with E-state index in [-0.39, 0.29) is 12.2 Å². The zero-order valence-electron chi connectivity index (χ0n) is 11.1. The maximum absolute atomic E-state index is 10.2. The van der Waals surface area contributed by atoms with Crippen molar-refractivity contribution in [3.63, 3.8) is 0 Å². The van der Waals surface area contributed by atoms with Crippen LogP contribution in [0.4, 0.5) is 0 Å². The molecule has 0 aromatic heterocycles. The van der Waals surface area contributed by atoms with Gasteiger partial charge in [0, 0.05) is 0 Å². The molecule has 1 aromatic carbocycles. The van der Waals surface area contributed by atoms with E-state index in [4.69, 9.17) is 4.74 Å². The molecular formula is C16H24O2. The van der Waals surface area contributed by atoms with Gasteiger partial charge in [-0.1, -0.05) is 50.3 Å². The monoisotopic (exact) mass is 248 g/mol. The fourth-order valence-electron chi connectivity index (χ4n) is 2.60. The summed E-state index contributed by atoms with van der Waals surface area (Å²) in [5, 5.41) is 10.2. The summed E-state index contributed by atoms with van der Waals surface area (Å²) in [6.07, 6.45) is 8.92. The second-order valence-electron chi connectivity index (χ2n) is 5.24. The lowest BCUT2D eigenvalue weighted by Gasteiger charge is -2.25. The van der Waals surface area contributed by atoms with Crippen LogP contribution < -0.4 is 4.74 Å². The Balaban J connectivity index is 1.93. The number of benzene rings is 1. The third-order valence-electron chi connectivity index (χ3n) is 3.70. The highest BCUT2D eigenvalue weighted by molar-refractivity contribution is 5.21.